The first-order valence-electron chi connectivity index (χ1n) is 8.31. The Hall–Kier alpha value is -2.33. The van der Waals surface area contributed by atoms with Crippen LogP contribution in [0.15, 0.2) is 54.6 Å². The number of nitrogens with one attached hydrogen (secondary N) is 2. The average molecular weight is 359 g/mol. The van der Waals surface area contributed by atoms with Crippen LogP contribution in [0.3, 0.4) is 0 Å². The lowest BCUT2D eigenvalue weighted by Crippen LogP contribution is -2.49. The summed E-state index contributed by atoms with van der Waals surface area (Å²) in [7, 11) is 0. The van der Waals surface area contributed by atoms with Gasteiger partial charge in [-0.05, 0) is 29.2 Å². The van der Waals surface area contributed by atoms with Gasteiger partial charge in [-0.3, -0.25) is 9.59 Å². The Morgan fingerprint density at radius 1 is 1.00 bits per heavy atom. The lowest BCUT2D eigenvalue weighted by molar-refractivity contribution is -0.129. The molecule has 2 aromatic carbocycles. The second-order valence-corrected chi connectivity index (χ2v) is 6.74. The summed E-state index contributed by atoms with van der Waals surface area (Å²) in [4.78, 5) is 24.7. The summed E-state index contributed by atoms with van der Waals surface area (Å²) in [6.45, 7) is 4.19. The number of rotatable bonds is 7. The third-order valence-electron chi connectivity index (χ3n) is 3.83. The average Bonchev–Trinajstić information content (AvgIpc) is 2.58. The normalized spacial score (nSPS) is 11.8. The van der Waals surface area contributed by atoms with E-state index in [4.69, 9.17) is 11.6 Å². The van der Waals surface area contributed by atoms with Crippen molar-refractivity contribution < 1.29 is 9.59 Å². The minimum absolute atomic E-state index is 0.0147. The number of hydrogen-bond donors (Lipinski definition) is 2. The Bertz CT molecular complexity index is 717. The number of benzene rings is 2. The first-order chi connectivity index (χ1) is 12.0. The highest BCUT2D eigenvalue weighted by Crippen LogP contribution is 2.11. The summed E-state index contributed by atoms with van der Waals surface area (Å²) >= 11 is 5.95. The van der Waals surface area contributed by atoms with Gasteiger partial charge in [0.15, 0.2) is 0 Å². The van der Waals surface area contributed by atoms with Crippen molar-refractivity contribution in [1.82, 2.24) is 10.6 Å². The molecule has 0 heterocycles. The predicted molar refractivity (Wildman–Crippen MR) is 100 cm³/mol. The molecule has 25 heavy (non-hydrogen) atoms. The molecule has 0 bridgehead atoms. The molecule has 0 fully saturated rings. The molecule has 2 rings (SSSR count). The molecule has 132 valence electrons. The van der Waals surface area contributed by atoms with Crippen LogP contribution in [-0.2, 0) is 22.6 Å². The standard InChI is InChI=1S/C20H23ClN2O2/c1-14(2)19(23-18(24)12-15-7-4-3-5-8-15)20(25)22-13-16-9-6-10-17(21)11-16/h3-11,14,19H,12-13H2,1-2H3,(H,22,25)(H,23,24)/t19-/m0/s1. The fourth-order valence-electron chi connectivity index (χ4n) is 2.49. The molecule has 0 aromatic heterocycles. The third-order valence-corrected chi connectivity index (χ3v) is 4.06. The Morgan fingerprint density at radius 3 is 2.32 bits per heavy atom. The van der Waals surface area contributed by atoms with E-state index in [1.165, 1.54) is 0 Å². The molecule has 0 aliphatic carbocycles. The number of carbonyl (C=O) groups is 2. The number of halogens is 1. The van der Waals surface area contributed by atoms with Crippen molar-refractivity contribution in [3.63, 3.8) is 0 Å². The SMILES string of the molecule is CC(C)[C@H](NC(=O)Cc1ccccc1)C(=O)NCc1cccc(Cl)c1. The molecular formula is C20H23ClN2O2. The highest BCUT2D eigenvalue weighted by molar-refractivity contribution is 6.30. The molecular weight excluding hydrogens is 336 g/mol. The highest BCUT2D eigenvalue weighted by Gasteiger charge is 2.23. The quantitative estimate of drug-likeness (QED) is 0.797. The van der Waals surface area contributed by atoms with Crippen molar-refractivity contribution in [2.24, 2.45) is 5.92 Å². The maximum absolute atomic E-state index is 12.5. The van der Waals surface area contributed by atoms with E-state index in [1.54, 1.807) is 12.1 Å². The lowest BCUT2D eigenvalue weighted by atomic mass is 10.0. The zero-order valence-corrected chi connectivity index (χ0v) is 15.2. The molecule has 5 heteroatoms. The van der Waals surface area contributed by atoms with E-state index in [9.17, 15) is 9.59 Å². The molecule has 1 atom stereocenters. The maximum atomic E-state index is 12.5. The van der Waals surface area contributed by atoms with Gasteiger partial charge in [-0.25, -0.2) is 0 Å². The molecule has 0 saturated carbocycles. The highest BCUT2D eigenvalue weighted by atomic mass is 35.5. The fourth-order valence-corrected chi connectivity index (χ4v) is 2.70. The molecule has 0 radical (unpaired) electrons. The lowest BCUT2D eigenvalue weighted by Gasteiger charge is -2.22. The Morgan fingerprint density at radius 2 is 1.68 bits per heavy atom. The zero-order chi connectivity index (χ0) is 18.2. The van der Waals surface area contributed by atoms with Crippen LogP contribution in [0.25, 0.3) is 0 Å². The number of amides is 2. The topological polar surface area (TPSA) is 58.2 Å². The maximum Gasteiger partial charge on any atom is 0.243 e. The zero-order valence-electron chi connectivity index (χ0n) is 14.5. The minimum Gasteiger partial charge on any atom is -0.350 e. The molecule has 0 aliphatic rings. The molecule has 2 aromatic rings. The van der Waals surface area contributed by atoms with Gasteiger partial charge in [0.25, 0.3) is 0 Å². The van der Waals surface area contributed by atoms with E-state index >= 15 is 0 Å². The predicted octanol–water partition coefficient (Wildman–Crippen LogP) is 3.34. The van der Waals surface area contributed by atoms with Gasteiger partial charge < -0.3 is 10.6 Å². The molecule has 0 unspecified atom stereocenters. The van der Waals surface area contributed by atoms with Crippen LogP contribution in [0.1, 0.15) is 25.0 Å². The third kappa shape index (κ3) is 6.24. The van der Waals surface area contributed by atoms with Gasteiger partial charge in [-0.1, -0.05) is 67.9 Å². The Balaban J connectivity index is 1.92. The largest absolute Gasteiger partial charge is 0.350 e. The number of hydrogen-bond acceptors (Lipinski definition) is 2. The molecule has 4 nitrogen and oxygen atoms in total. The van der Waals surface area contributed by atoms with E-state index in [2.05, 4.69) is 10.6 Å². The summed E-state index contributed by atoms with van der Waals surface area (Å²) in [6, 6.07) is 16.2. The first-order valence-corrected chi connectivity index (χ1v) is 8.69. The van der Waals surface area contributed by atoms with Crippen molar-refractivity contribution >= 4 is 23.4 Å². The Labute approximate surface area is 153 Å². The van der Waals surface area contributed by atoms with Gasteiger partial charge >= 0.3 is 0 Å². The smallest absolute Gasteiger partial charge is 0.243 e. The summed E-state index contributed by atoms with van der Waals surface area (Å²) in [6.07, 6.45) is 0.256. The van der Waals surface area contributed by atoms with Crippen LogP contribution < -0.4 is 10.6 Å². The van der Waals surface area contributed by atoms with Crippen LogP contribution in [0.2, 0.25) is 5.02 Å². The van der Waals surface area contributed by atoms with Crippen molar-refractivity contribution in [2.75, 3.05) is 0 Å². The van der Waals surface area contributed by atoms with Gasteiger partial charge in [0, 0.05) is 11.6 Å². The van der Waals surface area contributed by atoms with Crippen LogP contribution in [0.5, 0.6) is 0 Å². The number of carbonyl (C=O) groups excluding carboxylic acids is 2. The first kappa shape index (κ1) is 19.0. The van der Waals surface area contributed by atoms with E-state index in [1.807, 2.05) is 56.3 Å². The fraction of sp³-hybridized carbons (Fsp3) is 0.300. The molecule has 0 saturated heterocycles. The second kappa shape index (κ2) is 9.23. The van der Waals surface area contributed by atoms with Crippen molar-refractivity contribution in [3.05, 3.63) is 70.7 Å². The van der Waals surface area contributed by atoms with Crippen LogP contribution >= 0.6 is 11.6 Å². The van der Waals surface area contributed by atoms with E-state index in [0.717, 1.165) is 11.1 Å². The summed E-state index contributed by atoms with van der Waals surface area (Å²) in [5.41, 5.74) is 1.83. The molecule has 2 N–H and O–H groups in total. The van der Waals surface area contributed by atoms with E-state index < -0.39 is 6.04 Å². The van der Waals surface area contributed by atoms with Gasteiger partial charge in [-0.2, -0.15) is 0 Å². The monoisotopic (exact) mass is 358 g/mol. The summed E-state index contributed by atoms with van der Waals surface area (Å²) in [5.74, 6) is -0.377. The van der Waals surface area contributed by atoms with Crippen LogP contribution in [-0.4, -0.2) is 17.9 Å². The molecule has 0 aliphatic heterocycles. The van der Waals surface area contributed by atoms with Gasteiger partial charge in [0.1, 0.15) is 6.04 Å². The second-order valence-electron chi connectivity index (χ2n) is 6.30. The summed E-state index contributed by atoms with van der Waals surface area (Å²) < 4.78 is 0. The van der Waals surface area contributed by atoms with E-state index in [0.29, 0.717) is 11.6 Å². The minimum atomic E-state index is -0.574. The molecule has 0 spiro atoms. The van der Waals surface area contributed by atoms with Crippen molar-refractivity contribution in [2.45, 2.75) is 32.9 Å². The van der Waals surface area contributed by atoms with Crippen molar-refractivity contribution in [3.8, 4) is 0 Å². The van der Waals surface area contributed by atoms with E-state index in [-0.39, 0.29) is 24.2 Å². The van der Waals surface area contributed by atoms with Gasteiger partial charge in [0.05, 0.1) is 6.42 Å². The van der Waals surface area contributed by atoms with Gasteiger partial charge in [0.2, 0.25) is 11.8 Å². The van der Waals surface area contributed by atoms with Crippen molar-refractivity contribution in [1.29, 1.82) is 0 Å². The molecule has 2 amide bonds. The summed E-state index contributed by atoms with van der Waals surface area (Å²) in [5, 5.41) is 6.33. The van der Waals surface area contributed by atoms with Crippen LogP contribution in [0.4, 0.5) is 0 Å². The van der Waals surface area contributed by atoms with Crippen LogP contribution in [0, 0.1) is 5.92 Å². The van der Waals surface area contributed by atoms with Gasteiger partial charge in [-0.15, -0.1) is 0 Å². The Kier molecular flexibility index (Phi) is 7.02.